The Morgan fingerprint density at radius 1 is 1.22 bits per heavy atom. The standard InChI is InChI=1S/C20H16ClFO5/c1-11-14-7-16(21)18(26-10-12-3-5-13(22)6-4-12)9-17(14)27-20(24)15(11)8-19(23)25-2/h3-7,9H,8,10H2,1-2H3. The average Bonchev–Trinajstić information content (AvgIpc) is 2.65. The van der Waals surface area contributed by atoms with E-state index in [1.165, 1.54) is 25.3 Å². The molecule has 0 bridgehead atoms. The minimum atomic E-state index is -0.614. The topological polar surface area (TPSA) is 65.7 Å². The Morgan fingerprint density at radius 2 is 1.93 bits per heavy atom. The first-order chi connectivity index (χ1) is 12.9. The maximum Gasteiger partial charge on any atom is 0.340 e. The number of fused-ring (bicyclic) bond motifs is 1. The highest BCUT2D eigenvalue weighted by molar-refractivity contribution is 6.32. The zero-order valence-electron chi connectivity index (χ0n) is 14.7. The number of esters is 1. The van der Waals surface area contributed by atoms with Crippen molar-refractivity contribution >= 4 is 28.5 Å². The van der Waals surface area contributed by atoms with Gasteiger partial charge < -0.3 is 13.9 Å². The van der Waals surface area contributed by atoms with Gasteiger partial charge >= 0.3 is 11.6 Å². The summed E-state index contributed by atoms with van der Waals surface area (Å²) in [5, 5.41) is 0.929. The molecule has 0 fully saturated rings. The molecule has 5 nitrogen and oxygen atoms in total. The highest BCUT2D eigenvalue weighted by Gasteiger charge is 2.17. The summed E-state index contributed by atoms with van der Waals surface area (Å²) in [5.41, 5.74) is 1.27. The highest BCUT2D eigenvalue weighted by Crippen LogP contribution is 2.32. The van der Waals surface area contributed by atoms with E-state index < -0.39 is 11.6 Å². The molecule has 140 valence electrons. The van der Waals surface area contributed by atoms with Gasteiger partial charge in [0.25, 0.3) is 0 Å². The van der Waals surface area contributed by atoms with Crippen molar-refractivity contribution in [2.75, 3.05) is 7.11 Å². The van der Waals surface area contributed by atoms with Crippen molar-refractivity contribution in [2.24, 2.45) is 0 Å². The summed E-state index contributed by atoms with van der Waals surface area (Å²) in [6.07, 6.45) is -0.180. The van der Waals surface area contributed by atoms with Crippen LogP contribution in [-0.2, 0) is 22.6 Å². The van der Waals surface area contributed by atoms with E-state index in [2.05, 4.69) is 4.74 Å². The molecule has 0 radical (unpaired) electrons. The number of hydrogen-bond acceptors (Lipinski definition) is 5. The molecule has 1 aromatic heterocycles. The van der Waals surface area contributed by atoms with Gasteiger partial charge in [-0.1, -0.05) is 23.7 Å². The Balaban J connectivity index is 1.94. The number of methoxy groups -OCH3 is 1. The van der Waals surface area contributed by atoms with Gasteiger partial charge in [-0.15, -0.1) is 0 Å². The molecule has 7 heteroatoms. The van der Waals surface area contributed by atoms with Crippen molar-refractivity contribution in [1.82, 2.24) is 0 Å². The van der Waals surface area contributed by atoms with Crippen LogP contribution in [0, 0.1) is 12.7 Å². The summed E-state index contributed by atoms with van der Waals surface area (Å²) in [7, 11) is 1.25. The second-order valence-electron chi connectivity index (χ2n) is 5.94. The summed E-state index contributed by atoms with van der Waals surface area (Å²) in [6, 6.07) is 9.03. The van der Waals surface area contributed by atoms with Crippen LogP contribution in [0.3, 0.4) is 0 Å². The first-order valence-corrected chi connectivity index (χ1v) is 8.46. The van der Waals surface area contributed by atoms with E-state index in [1.807, 2.05) is 0 Å². The third-order valence-corrected chi connectivity index (χ3v) is 4.49. The van der Waals surface area contributed by atoms with Crippen molar-refractivity contribution < 1.29 is 23.1 Å². The quantitative estimate of drug-likeness (QED) is 0.483. The summed E-state index contributed by atoms with van der Waals surface area (Å²) in [6.45, 7) is 1.89. The zero-order chi connectivity index (χ0) is 19.6. The molecule has 27 heavy (non-hydrogen) atoms. The number of rotatable bonds is 5. The summed E-state index contributed by atoms with van der Waals surface area (Å²) < 4.78 is 28.6. The maximum atomic E-state index is 13.0. The Kier molecular flexibility index (Phi) is 5.46. The molecule has 0 N–H and O–H groups in total. The van der Waals surface area contributed by atoms with Crippen LogP contribution < -0.4 is 10.4 Å². The van der Waals surface area contributed by atoms with Crippen LogP contribution in [0.5, 0.6) is 5.75 Å². The second kappa shape index (κ2) is 7.80. The SMILES string of the molecule is COC(=O)Cc1c(C)c2cc(Cl)c(OCc3ccc(F)cc3)cc2oc1=O. The lowest BCUT2D eigenvalue weighted by molar-refractivity contribution is -0.139. The first-order valence-electron chi connectivity index (χ1n) is 8.09. The lowest BCUT2D eigenvalue weighted by Gasteiger charge is -2.11. The summed E-state index contributed by atoms with van der Waals surface area (Å²) in [5.74, 6) is -0.533. The fourth-order valence-electron chi connectivity index (χ4n) is 2.66. The predicted octanol–water partition coefficient (Wildman–Crippen LogP) is 4.19. The average molecular weight is 391 g/mol. The molecule has 0 unspecified atom stereocenters. The van der Waals surface area contributed by atoms with E-state index in [1.54, 1.807) is 25.1 Å². The Hall–Kier alpha value is -2.86. The van der Waals surface area contributed by atoms with Gasteiger partial charge in [0.1, 0.15) is 23.8 Å². The number of carbonyl (C=O) groups excluding carboxylic acids is 1. The molecule has 3 aromatic rings. The van der Waals surface area contributed by atoms with Crippen LogP contribution in [-0.4, -0.2) is 13.1 Å². The first kappa shape index (κ1) is 18.9. The van der Waals surface area contributed by atoms with Crippen molar-refractivity contribution in [3.63, 3.8) is 0 Å². The van der Waals surface area contributed by atoms with Gasteiger partial charge in [-0.2, -0.15) is 0 Å². The number of ether oxygens (including phenoxy) is 2. The zero-order valence-corrected chi connectivity index (χ0v) is 15.4. The van der Waals surface area contributed by atoms with Crippen LogP contribution in [0.25, 0.3) is 11.0 Å². The summed E-state index contributed by atoms with van der Waals surface area (Å²) >= 11 is 6.30. The molecule has 0 aliphatic rings. The molecular weight excluding hydrogens is 375 g/mol. The smallest absolute Gasteiger partial charge is 0.340 e. The number of benzene rings is 2. The number of halogens is 2. The van der Waals surface area contributed by atoms with Crippen molar-refractivity contribution in [1.29, 1.82) is 0 Å². The normalized spacial score (nSPS) is 10.8. The third-order valence-electron chi connectivity index (χ3n) is 4.20. The number of hydrogen-bond donors (Lipinski definition) is 0. The monoisotopic (exact) mass is 390 g/mol. The van der Waals surface area contributed by atoms with E-state index >= 15 is 0 Å². The lowest BCUT2D eigenvalue weighted by Crippen LogP contribution is -2.16. The van der Waals surface area contributed by atoms with Gasteiger partial charge in [-0.25, -0.2) is 9.18 Å². The fourth-order valence-corrected chi connectivity index (χ4v) is 2.88. The lowest BCUT2D eigenvalue weighted by atomic mass is 10.0. The third kappa shape index (κ3) is 4.11. The van der Waals surface area contributed by atoms with Crippen LogP contribution in [0.4, 0.5) is 4.39 Å². The van der Waals surface area contributed by atoms with Crippen molar-refractivity contribution in [3.8, 4) is 5.75 Å². The van der Waals surface area contributed by atoms with Crippen LogP contribution in [0.1, 0.15) is 16.7 Å². The Morgan fingerprint density at radius 3 is 2.59 bits per heavy atom. The molecule has 0 saturated carbocycles. The maximum absolute atomic E-state index is 13.0. The molecule has 1 heterocycles. The van der Waals surface area contributed by atoms with Gasteiger partial charge in [-0.05, 0) is 36.2 Å². The molecule has 0 saturated heterocycles. The highest BCUT2D eigenvalue weighted by atomic mass is 35.5. The van der Waals surface area contributed by atoms with Gasteiger partial charge in [0, 0.05) is 11.5 Å². The number of carbonyl (C=O) groups is 1. The van der Waals surface area contributed by atoms with Crippen LogP contribution in [0.15, 0.2) is 45.6 Å². The predicted molar refractivity (Wildman–Crippen MR) is 98.7 cm³/mol. The molecule has 0 atom stereocenters. The van der Waals surface area contributed by atoms with Crippen molar-refractivity contribution in [3.05, 3.63) is 74.3 Å². The largest absolute Gasteiger partial charge is 0.487 e. The van der Waals surface area contributed by atoms with Gasteiger partial charge in [-0.3, -0.25) is 4.79 Å². The fraction of sp³-hybridized carbons (Fsp3) is 0.200. The molecule has 0 amide bonds. The van der Waals surface area contributed by atoms with E-state index in [4.69, 9.17) is 20.8 Å². The van der Waals surface area contributed by atoms with E-state index in [0.717, 1.165) is 5.56 Å². The molecule has 3 rings (SSSR count). The van der Waals surface area contributed by atoms with Crippen LogP contribution >= 0.6 is 11.6 Å². The molecule has 0 aliphatic heterocycles. The Labute approximate surface area is 159 Å². The molecule has 2 aromatic carbocycles. The van der Waals surface area contributed by atoms with E-state index in [-0.39, 0.29) is 24.4 Å². The van der Waals surface area contributed by atoms with E-state index in [9.17, 15) is 14.0 Å². The van der Waals surface area contributed by atoms with Crippen molar-refractivity contribution in [2.45, 2.75) is 20.0 Å². The van der Waals surface area contributed by atoms with Gasteiger partial charge in [0.15, 0.2) is 0 Å². The van der Waals surface area contributed by atoms with Crippen LogP contribution in [0.2, 0.25) is 5.02 Å². The molecular formula is C20H16ClFO5. The second-order valence-corrected chi connectivity index (χ2v) is 6.35. The molecule has 0 aliphatic carbocycles. The Bertz CT molecular complexity index is 1060. The summed E-state index contributed by atoms with van der Waals surface area (Å²) in [4.78, 5) is 23.7. The van der Waals surface area contributed by atoms with Gasteiger partial charge in [0.2, 0.25) is 0 Å². The van der Waals surface area contributed by atoms with E-state index in [0.29, 0.717) is 27.3 Å². The van der Waals surface area contributed by atoms with Gasteiger partial charge in [0.05, 0.1) is 24.1 Å². The minimum absolute atomic E-state index is 0.176. The molecule has 0 spiro atoms. The minimum Gasteiger partial charge on any atom is -0.487 e. The number of aryl methyl sites for hydroxylation is 1.